The fourth-order valence-corrected chi connectivity index (χ4v) is 1.99. The van der Waals surface area contributed by atoms with Crippen LogP contribution < -0.4 is 5.32 Å². The number of hydrogen-bond donors (Lipinski definition) is 1. The summed E-state index contributed by atoms with van der Waals surface area (Å²) in [6, 6.07) is 9.61. The van der Waals surface area contributed by atoms with E-state index in [1.807, 2.05) is 30.3 Å². The van der Waals surface area contributed by atoms with Crippen molar-refractivity contribution in [1.29, 1.82) is 0 Å². The van der Waals surface area contributed by atoms with Gasteiger partial charge in [0, 0.05) is 17.4 Å². The molecule has 1 atom stereocenters. The van der Waals surface area contributed by atoms with Crippen molar-refractivity contribution < 1.29 is 0 Å². The monoisotopic (exact) mass is 261 g/mol. The molecule has 0 aliphatic heterocycles. The van der Waals surface area contributed by atoms with Crippen LogP contribution >= 0.6 is 11.6 Å². The van der Waals surface area contributed by atoms with Crippen molar-refractivity contribution in [1.82, 2.24) is 15.3 Å². The number of rotatable bonds is 5. The molecule has 94 valence electrons. The molecule has 2 rings (SSSR count). The van der Waals surface area contributed by atoms with E-state index in [1.54, 1.807) is 12.4 Å². The Hall–Kier alpha value is -1.45. The Kier molecular flexibility index (Phi) is 4.67. The fraction of sp³-hybridized carbons (Fsp3) is 0.286. The molecule has 0 saturated heterocycles. The molecule has 0 fully saturated rings. The van der Waals surface area contributed by atoms with E-state index in [9.17, 15) is 0 Å². The lowest BCUT2D eigenvalue weighted by molar-refractivity contribution is 0.572. The molecule has 0 aliphatic carbocycles. The average molecular weight is 262 g/mol. The largest absolute Gasteiger partial charge is 0.304 e. The number of nitrogens with zero attached hydrogens (tertiary/aromatic N) is 2. The van der Waals surface area contributed by atoms with Crippen LogP contribution in [-0.4, -0.2) is 16.5 Å². The Morgan fingerprint density at radius 1 is 1.22 bits per heavy atom. The van der Waals surface area contributed by atoms with Crippen molar-refractivity contribution in [2.45, 2.75) is 19.4 Å². The van der Waals surface area contributed by atoms with Gasteiger partial charge in [-0.3, -0.25) is 0 Å². The first kappa shape index (κ1) is 13.0. The quantitative estimate of drug-likeness (QED) is 0.898. The molecule has 1 N–H and O–H groups in total. The summed E-state index contributed by atoms with van der Waals surface area (Å²) in [4.78, 5) is 8.64. The van der Waals surface area contributed by atoms with Crippen LogP contribution in [0.25, 0.3) is 0 Å². The number of benzene rings is 1. The highest BCUT2D eigenvalue weighted by Crippen LogP contribution is 2.21. The van der Waals surface area contributed by atoms with Crippen LogP contribution in [0, 0.1) is 0 Å². The second-order valence-electron chi connectivity index (χ2n) is 4.05. The van der Waals surface area contributed by atoms with Gasteiger partial charge in [-0.15, -0.1) is 0 Å². The van der Waals surface area contributed by atoms with Crippen molar-refractivity contribution in [3.8, 4) is 0 Å². The Morgan fingerprint density at radius 3 is 2.67 bits per heavy atom. The molecule has 0 spiro atoms. The fourth-order valence-electron chi connectivity index (χ4n) is 1.79. The van der Waals surface area contributed by atoms with Gasteiger partial charge in [0.2, 0.25) is 0 Å². The van der Waals surface area contributed by atoms with E-state index in [1.165, 1.54) is 0 Å². The summed E-state index contributed by atoms with van der Waals surface area (Å²) in [6.45, 7) is 3.04. The molecule has 0 radical (unpaired) electrons. The summed E-state index contributed by atoms with van der Waals surface area (Å²) in [6.07, 6.45) is 4.57. The maximum atomic E-state index is 6.04. The lowest BCUT2D eigenvalue weighted by atomic mass is 10.1. The lowest BCUT2D eigenvalue weighted by Crippen LogP contribution is -2.24. The molecule has 3 nitrogen and oxygen atoms in total. The van der Waals surface area contributed by atoms with Crippen LogP contribution in [0.1, 0.15) is 30.8 Å². The number of aromatic nitrogens is 2. The SMILES string of the molecule is CCCNC(c1cccc(Cl)c1)c1ncccn1. The van der Waals surface area contributed by atoms with Crippen molar-refractivity contribution in [3.05, 3.63) is 59.1 Å². The van der Waals surface area contributed by atoms with Gasteiger partial charge in [0.15, 0.2) is 0 Å². The van der Waals surface area contributed by atoms with Crippen LogP contribution in [0.2, 0.25) is 5.02 Å². The number of hydrogen-bond acceptors (Lipinski definition) is 3. The van der Waals surface area contributed by atoms with Gasteiger partial charge in [0.05, 0.1) is 6.04 Å². The van der Waals surface area contributed by atoms with E-state index in [0.29, 0.717) is 0 Å². The minimum atomic E-state index is -0.00940. The smallest absolute Gasteiger partial charge is 0.149 e. The van der Waals surface area contributed by atoms with E-state index in [-0.39, 0.29) is 6.04 Å². The van der Waals surface area contributed by atoms with Crippen molar-refractivity contribution in [3.63, 3.8) is 0 Å². The maximum Gasteiger partial charge on any atom is 0.149 e. The highest BCUT2D eigenvalue weighted by atomic mass is 35.5. The molecular formula is C14H16ClN3. The van der Waals surface area contributed by atoms with Gasteiger partial charge in [-0.2, -0.15) is 0 Å². The molecule has 1 unspecified atom stereocenters. The second kappa shape index (κ2) is 6.47. The average Bonchev–Trinajstić information content (AvgIpc) is 2.40. The van der Waals surface area contributed by atoms with Crippen LogP contribution in [-0.2, 0) is 0 Å². The van der Waals surface area contributed by atoms with E-state index in [4.69, 9.17) is 11.6 Å². The topological polar surface area (TPSA) is 37.8 Å². The van der Waals surface area contributed by atoms with Crippen LogP contribution in [0.15, 0.2) is 42.7 Å². The van der Waals surface area contributed by atoms with Gasteiger partial charge in [-0.05, 0) is 36.7 Å². The Morgan fingerprint density at radius 2 is 2.00 bits per heavy atom. The van der Waals surface area contributed by atoms with E-state index < -0.39 is 0 Å². The zero-order valence-electron chi connectivity index (χ0n) is 10.3. The van der Waals surface area contributed by atoms with Crippen LogP contribution in [0.5, 0.6) is 0 Å². The van der Waals surface area contributed by atoms with E-state index in [2.05, 4.69) is 22.2 Å². The minimum Gasteiger partial charge on any atom is -0.304 e. The zero-order chi connectivity index (χ0) is 12.8. The van der Waals surface area contributed by atoms with Gasteiger partial charge >= 0.3 is 0 Å². The van der Waals surface area contributed by atoms with Gasteiger partial charge in [0.1, 0.15) is 5.82 Å². The Bertz CT molecular complexity index is 487. The molecule has 1 heterocycles. The molecular weight excluding hydrogens is 246 g/mol. The summed E-state index contributed by atoms with van der Waals surface area (Å²) >= 11 is 6.04. The molecule has 2 aromatic rings. The molecule has 1 aromatic carbocycles. The minimum absolute atomic E-state index is 0.00940. The third kappa shape index (κ3) is 3.28. The second-order valence-corrected chi connectivity index (χ2v) is 4.49. The summed E-state index contributed by atoms with van der Waals surface area (Å²) in [7, 11) is 0. The molecule has 0 aliphatic rings. The van der Waals surface area contributed by atoms with E-state index >= 15 is 0 Å². The van der Waals surface area contributed by atoms with Gasteiger partial charge < -0.3 is 5.32 Å². The summed E-state index contributed by atoms with van der Waals surface area (Å²) in [5, 5.41) is 4.17. The zero-order valence-corrected chi connectivity index (χ0v) is 11.1. The molecule has 0 bridgehead atoms. The normalized spacial score (nSPS) is 12.3. The predicted octanol–water partition coefficient (Wildman–Crippen LogP) is 3.22. The molecule has 18 heavy (non-hydrogen) atoms. The Labute approximate surface area is 112 Å². The number of halogens is 1. The lowest BCUT2D eigenvalue weighted by Gasteiger charge is -2.17. The molecule has 1 aromatic heterocycles. The molecule has 0 amide bonds. The first-order valence-electron chi connectivity index (χ1n) is 6.07. The first-order valence-corrected chi connectivity index (χ1v) is 6.45. The standard InChI is InChI=1S/C14H16ClN3/c1-2-7-16-13(14-17-8-4-9-18-14)11-5-3-6-12(15)10-11/h3-6,8-10,13,16H,2,7H2,1H3. The van der Waals surface area contributed by atoms with Crippen molar-refractivity contribution >= 4 is 11.6 Å². The summed E-state index contributed by atoms with van der Waals surface area (Å²) in [5.41, 5.74) is 1.09. The number of nitrogens with one attached hydrogen (secondary N) is 1. The third-order valence-corrected chi connectivity index (χ3v) is 2.86. The summed E-state index contributed by atoms with van der Waals surface area (Å²) < 4.78 is 0. The van der Waals surface area contributed by atoms with Crippen molar-refractivity contribution in [2.75, 3.05) is 6.54 Å². The van der Waals surface area contributed by atoms with Crippen molar-refractivity contribution in [2.24, 2.45) is 0 Å². The highest BCUT2D eigenvalue weighted by molar-refractivity contribution is 6.30. The van der Waals surface area contributed by atoms with Crippen LogP contribution in [0.4, 0.5) is 0 Å². The van der Waals surface area contributed by atoms with Crippen LogP contribution in [0.3, 0.4) is 0 Å². The maximum absolute atomic E-state index is 6.04. The Balaban J connectivity index is 2.31. The van der Waals surface area contributed by atoms with E-state index in [0.717, 1.165) is 29.4 Å². The van der Waals surface area contributed by atoms with Gasteiger partial charge in [0.25, 0.3) is 0 Å². The molecule has 4 heteroatoms. The first-order chi connectivity index (χ1) is 8.81. The molecule has 0 saturated carbocycles. The van der Waals surface area contributed by atoms with Gasteiger partial charge in [-0.1, -0.05) is 30.7 Å². The third-order valence-electron chi connectivity index (χ3n) is 2.62. The summed E-state index contributed by atoms with van der Waals surface area (Å²) in [5.74, 6) is 0.771. The highest BCUT2D eigenvalue weighted by Gasteiger charge is 2.15. The van der Waals surface area contributed by atoms with Gasteiger partial charge in [-0.25, -0.2) is 9.97 Å². The predicted molar refractivity (Wildman–Crippen MR) is 73.6 cm³/mol.